The molecule has 0 aromatic rings. The molecule has 0 amide bonds. The van der Waals surface area contributed by atoms with Crippen molar-refractivity contribution in [1.82, 2.24) is 0 Å². The summed E-state index contributed by atoms with van der Waals surface area (Å²) < 4.78 is 4.87. The van der Waals surface area contributed by atoms with E-state index in [-0.39, 0.29) is 5.92 Å². The van der Waals surface area contributed by atoms with E-state index in [0.29, 0.717) is 13.3 Å². The first-order chi connectivity index (χ1) is 6.77. The van der Waals surface area contributed by atoms with E-state index in [2.05, 4.69) is 4.99 Å². The minimum absolute atomic E-state index is 0.220. The summed E-state index contributed by atoms with van der Waals surface area (Å²) in [6, 6.07) is -0.562. The molecule has 0 radical (unpaired) electrons. The highest BCUT2D eigenvalue weighted by molar-refractivity contribution is 6.83. The van der Waals surface area contributed by atoms with Crippen LogP contribution in [0.1, 0.15) is 32.1 Å². The van der Waals surface area contributed by atoms with Crippen molar-refractivity contribution in [3.8, 4) is 0 Å². The van der Waals surface area contributed by atoms with E-state index >= 15 is 0 Å². The number of rotatable bonds is 3. The van der Waals surface area contributed by atoms with Gasteiger partial charge in [-0.2, -0.15) is 0 Å². The molecular weight excluding hydrogens is 181 g/mol. The van der Waals surface area contributed by atoms with Gasteiger partial charge in [-0.1, -0.05) is 19.3 Å². The van der Waals surface area contributed by atoms with Gasteiger partial charge in [0.15, 0.2) is 11.8 Å². The minimum atomic E-state index is -0.806. The molecule has 2 fully saturated rings. The molecule has 4 nitrogen and oxygen atoms in total. The highest BCUT2D eigenvalue weighted by Crippen LogP contribution is 2.28. The number of carboxylic acid groups (broad SMARTS) is 1. The largest absolute Gasteiger partial charge is 0.549 e. The molecule has 0 bridgehead atoms. The van der Waals surface area contributed by atoms with Crippen molar-refractivity contribution in [3.05, 3.63) is 0 Å². The summed E-state index contributed by atoms with van der Waals surface area (Å²) in [6.45, 7) is 0. The van der Waals surface area contributed by atoms with Crippen molar-refractivity contribution in [3.63, 3.8) is 0 Å². The van der Waals surface area contributed by atoms with Crippen LogP contribution >= 0.6 is 0 Å². The third-order valence-corrected chi connectivity index (χ3v) is 2.91. The summed E-state index contributed by atoms with van der Waals surface area (Å²) in [5.41, 5.74) is 0. The van der Waals surface area contributed by atoms with Crippen LogP contribution in [0.2, 0.25) is 0 Å². The Labute approximate surface area is 83.6 Å². The lowest BCUT2D eigenvalue weighted by Crippen LogP contribution is -2.29. The number of aliphatic imine (C=N–C) groups is 1. The zero-order valence-corrected chi connectivity index (χ0v) is 8.11. The summed E-state index contributed by atoms with van der Waals surface area (Å²) in [7, 11) is 0.524. The highest BCUT2D eigenvalue weighted by Gasteiger charge is 2.32. The number of aliphatic carboxylic acids is 1. The fourth-order valence-corrected chi connectivity index (χ4v) is 2.07. The van der Waals surface area contributed by atoms with Gasteiger partial charge in [0.1, 0.15) is 0 Å². The topological polar surface area (TPSA) is 62.2 Å². The molecule has 1 saturated heterocycles. The van der Waals surface area contributed by atoms with Crippen LogP contribution in [0.4, 0.5) is 0 Å². The van der Waals surface area contributed by atoms with E-state index in [1.165, 1.54) is 6.42 Å². The summed E-state index contributed by atoms with van der Waals surface area (Å²) in [4.78, 5) is 15.1. The molecule has 0 unspecified atom stereocenters. The average Bonchev–Trinajstić information content (AvgIpc) is 2.99. The third-order valence-electron chi connectivity index (χ3n) is 2.91. The Morgan fingerprint density at radius 1 is 1.50 bits per heavy atom. The Morgan fingerprint density at radius 2 is 2.14 bits per heavy atom. The van der Waals surface area contributed by atoms with Gasteiger partial charge in [0.25, 0.3) is 0 Å². The van der Waals surface area contributed by atoms with Gasteiger partial charge in [-0.25, -0.2) is 9.79 Å². The van der Waals surface area contributed by atoms with Crippen LogP contribution in [0.3, 0.4) is 0 Å². The van der Waals surface area contributed by atoms with E-state index in [1.54, 1.807) is 0 Å². The van der Waals surface area contributed by atoms with Crippen LogP contribution in [0.25, 0.3) is 0 Å². The quantitative estimate of drug-likeness (QED) is 0.534. The maximum absolute atomic E-state index is 11.0. The first-order valence-corrected chi connectivity index (χ1v) is 5.19. The van der Waals surface area contributed by atoms with E-state index in [4.69, 9.17) is 9.76 Å². The van der Waals surface area contributed by atoms with E-state index in [9.17, 15) is 4.79 Å². The molecule has 1 aliphatic heterocycles. The van der Waals surface area contributed by atoms with Crippen molar-refractivity contribution < 1.29 is 14.6 Å². The number of nitrogens with zero attached hydrogens (tertiary/aromatic N) is 1. The van der Waals surface area contributed by atoms with E-state index < -0.39 is 12.0 Å². The smallest absolute Gasteiger partial charge is 0.434 e. The molecule has 0 aromatic heterocycles. The van der Waals surface area contributed by atoms with Gasteiger partial charge in [0, 0.05) is 0 Å². The predicted molar refractivity (Wildman–Crippen MR) is 53.7 cm³/mol. The molecule has 1 heterocycles. The molecule has 14 heavy (non-hydrogen) atoms. The van der Waals surface area contributed by atoms with Gasteiger partial charge in [-0.05, 0) is 18.8 Å². The maximum Gasteiger partial charge on any atom is 0.434 e. The summed E-state index contributed by atoms with van der Waals surface area (Å²) >= 11 is 0. The standard InChI is InChI=1S/C9H14BNO3/c12-8(13)7(11-9-10-14-9)6-4-2-1-3-5-6/h6-7,10H,1-5H2,(H,12,13)/b11-9-/t7-/m0/s1. The number of hydrogen-bond acceptors (Lipinski definition) is 3. The monoisotopic (exact) mass is 195 g/mol. The van der Waals surface area contributed by atoms with Crippen molar-refractivity contribution in [2.75, 3.05) is 0 Å². The van der Waals surface area contributed by atoms with Crippen LogP contribution in [0.15, 0.2) is 4.99 Å². The molecule has 2 aliphatic rings. The van der Waals surface area contributed by atoms with Crippen molar-refractivity contribution in [2.24, 2.45) is 10.9 Å². The molecule has 5 heteroatoms. The van der Waals surface area contributed by atoms with Crippen molar-refractivity contribution >= 4 is 19.2 Å². The zero-order chi connectivity index (χ0) is 9.97. The SMILES string of the molecule is O=C(O)[C@@H](/N=C1/BO1)C1CCCCC1. The van der Waals surface area contributed by atoms with E-state index in [1.807, 2.05) is 0 Å². The maximum atomic E-state index is 11.0. The van der Waals surface area contributed by atoms with Gasteiger partial charge in [0.2, 0.25) is 0 Å². The van der Waals surface area contributed by atoms with Crippen molar-refractivity contribution in [1.29, 1.82) is 0 Å². The molecule has 1 aliphatic carbocycles. The van der Waals surface area contributed by atoms with Gasteiger partial charge in [-0.3, -0.25) is 0 Å². The van der Waals surface area contributed by atoms with Gasteiger partial charge < -0.3 is 9.76 Å². The zero-order valence-electron chi connectivity index (χ0n) is 8.11. The van der Waals surface area contributed by atoms with Gasteiger partial charge in [0.05, 0.1) is 0 Å². The average molecular weight is 195 g/mol. The van der Waals surface area contributed by atoms with Crippen LogP contribution in [-0.4, -0.2) is 30.4 Å². The Bertz CT molecular complexity index is 255. The summed E-state index contributed by atoms with van der Waals surface area (Å²) in [5, 5.41) is 9.04. The first kappa shape index (κ1) is 9.56. The van der Waals surface area contributed by atoms with Gasteiger partial charge >= 0.3 is 13.5 Å². The lowest BCUT2D eigenvalue weighted by molar-refractivity contribution is -0.140. The Hall–Kier alpha value is -0.995. The van der Waals surface area contributed by atoms with Crippen LogP contribution in [0, 0.1) is 5.92 Å². The van der Waals surface area contributed by atoms with Crippen LogP contribution < -0.4 is 0 Å². The fraction of sp³-hybridized carbons (Fsp3) is 0.778. The summed E-state index contributed by atoms with van der Waals surface area (Å²) in [6.07, 6.45) is 5.50. The van der Waals surface area contributed by atoms with Gasteiger partial charge in [-0.15, -0.1) is 0 Å². The van der Waals surface area contributed by atoms with Crippen molar-refractivity contribution in [2.45, 2.75) is 38.1 Å². The number of carboxylic acids is 1. The molecule has 1 saturated carbocycles. The number of carbonyl (C=O) groups is 1. The molecule has 2 rings (SSSR count). The number of hydrogen-bond donors (Lipinski definition) is 1. The Kier molecular flexibility index (Phi) is 2.75. The molecular formula is C9H14BNO3. The Morgan fingerprint density at radius 3 is 2.64 bits per heavy atom. The highest BCUT2D eigenvalue weighted by atomic mass is 16.5. The van der Waals surface area contributed by atoms with E-state index in [0.717, 1.165) is 25.7 Å². The van der Waals surface area contributed by atoms with Crippen LogP contribution in [0.5, 0.6) is 0 Å². The molecule has 0 spiro atoms. The second-order valence-electron chi connectivity index (χ2n) is 3.99. The molecule has 76 valence electrons. The predicted octanol–water partition coefficient (Wildman–Crippen LogP) is 0.758. The normalized spacial score (nSPS) is 26.4. The first-order valence-electron chi connectivity index (χ1n) is 5.19. The summed E-state index contributed by atoms with van der Waals surface area (Å²) in [5.74, 6) is 0.0285. The minimum Gasteiger partial charge on any atom is -0.549 e. The van der Waals surface area contributed by atoms with Crippen LogP contribution in [-0.2, 0) is 9.45 Å². The Balaban J connectivity index is 2.00. The lowest BCUT2D eigenvalue weighted by Gasteiger charge is -2.24. The second-order valence-corrected chi connectivity index (χ2v) is 3.99. The fourth-order valence-electron chi connectivity index (χ4n) is 2.07. The lowest BCUT2D eigenvalue weighted by atomic mass is 9.84. The second kappa shape index (κ2) is 4.03. The molecule has 1 N–H and O–H groups in total. The third kappa shape index (κ3) is 2.27. The molecule has 0 aromatic carbocycles. The molecule has 1 atom stereocenters.